The van der Waals surface area contributed by atoms with Gasteiger partial charge in [-0.3, -0.25) is 9.48 Å². The van der Waals surface area contributed by atoms with E-state index in [1.165, 1.54) is 32.0 Å². The second-order valence-electron chi connectivity index (χ2n) is 7.03. The quantitative estimate of drug-likeness (QED) is 0.591. The van der Waals surface area contributed by atoms with E-state index in [-0.39, 0.29) is 12.5 Å². The topological polar surface area (TPSA) is 87.4 Å². The highest BCUT2D eigenvalue weighted by Crippen LogP contribution is 2.44. The van der Waals surface area contributed by atoms with Crippen LogP contribution in [0.5, 0.6) is 0 Å². The monoisotopic (exact) mass is 333 g/mol. The van der Waals surface area contributed by atoms with Crippen LogP contribution in [0.15, 0.2) is 11.3 Å². The molecule has 2 aliphatic carbocycles. The van der Waals surface area contributed by atoms with Gasteiger partial charge in [0.15, 0.2) is 5.96 Å². The van der Waals surface area contributed by atoms with Gasteiger partial charge in [0.25, 0.3) is 0 Å². The molecule has 1 aromatic heterocycles. The first-order valence-electron chi connectivity index (χ1n) is 8.60. The highest BCUT2D eigenvalue weighted by atomic mass is 16.2. The van der Waals surface area contributed by atoms with Crippen molar-refractivity contribution in [3.8, 4) is 0 Å². The Morgan fingerprint density at radius 2 is 2.25 bits per heavy atom. The van der Waals surface area contributed by atoms with Gasteiger partial charge in [-0.2, -0.15) is 5.10 Å². The van der Waals surface area contributed by atoms with Crippen molar-refractivity contribution < 1.29 is 4.79 Å². The predicted octanol–water partition coefficient (Wildman–Crippen LogP) is 0.127. The van der Waals surface area contributed by atoms with Crippen LogP contribution in [0, 0.1) is 11.8 Å². The molecule has 1 amide bonds. The Kier molecular flexibility index (Phi) is 5.01. The van der Waals surface area contributed by atoms with Crippen LogP contribution in [-0.2, 0) is 18.4 Å². The van der Waals surface area contributed by atoms with Crippen molar-refractivity contribution in [1.82, 2.24) is 30.3 Å². The van der Waals surface area contributed by atoms with Crippen LogP contribution in [0.2, 0.25) is 0 Å². The average Bonchev–Trinajstić information content (AvgIpc) is 3.26. The Bertz CT molecular complexity index is 609. The molecular weight excluding hydrogens is 306 g/mol. The Balaban J connectivity index is 1.63. The van der Waals surface area contributed by atoms with E-state index in [0.717, 1.165) is 17.7 Å². The summed E-state index contributed by atoms with van der Waals surface area (Å²) in [6.07, 6.45) is 6.72. The Labute approximate surface area is 142 Å². The third kappa shape index (κ3) is 3.85. The molecule has 1 aromatic rings. The second-order valence-corrected chi connectivity index (χ2v) is 7.03. The van der Waals surface area contributed by atoms with Crippen molar-refractivity contribution in [2.24, 2.45) is 23.9 Å². The van der Waals surface area contributed by atoms with E-state index < -0.39 is 0 Å². The summed E-state index contributed by atoms with van der Waals surface area (Å²) in [4.78, 5) is 22.2. The summed E-state index contributed by atoms with van der Waals surface area (Å²) in [5, 5.41) is 10.8. The van der Waals surface area contributed by atoms with Crippen molar-refractivity contribution in [3.05, 3.63) is 12.2 Å². The summed E-state index contributed by atoms with van der Waals surface area (Å²) < 4.78 is 1.71. The van der Waals surface area contributed by atoms with E-state index in [2.05, 4.69) is 25.7 Å². The Morgan fingerprint density at radius 3 is 2.83 bits per heavy atom. The molecule has 2 aliphatic rings. The van der Waals surface area contributed by atoms with E-state index in [4.69, 9.17) is 0 Å². The summed E-state index contributed by atoms with van der Waals surface area (Å²) in [5.41, 5.74) is 0. The molecule has 2 bridgehead atoms. The van der Waals surface area contributed by atoms with Crippen LogP contribution in [0.4, 0.5) is 0 Å². The maximum Gasteiger partial charge on any atom is 0.241 e. The number of rotatable bonds is 5. The lowest BCUT2D eigenvalue weighted by Gasteiger charge is -2.25. The first-order chi connectivity index (χ1) is 11.5. The van der Waals surface area contributed by atoms with Crippen LogP contribution in [0.25, 0.3) is 0 Å². The fourth-order valence-corrected chi connectivity index (χ4v) is 3.68. The minimum Gasteiger partial charge on any atom is -0.353 e. The normalized spacial score (nSPS) is 25.8. The molecule has 132 valence electrons. The summed E-state index contributed by atoms with van der Waals surface area (Å²) in [6, 6.07) is 0.462. The molecule has 0 spiro atoms. The fourth-order valence-electron chi connectivity index (χ4n) is 3.68. The number of carbonyl (C=O) groups is 1. The zero-order chi connectivity index (χ0) is 17.1. The number of fused-ring (bicyclic) bond motifs is 2. The molecule has 2 saturated carbocycles. The van der Waals surface area contributed by atoms with Crippen LogP contribution in [-0.4, -0.2) is 58.2 Å². The molecule has 0 radical (unpaired) electrons. The van der Waals surface area contributed by atoms with Crippen molar-refractivity contribution >= 4 is 11.9 Å². The molecule has 1 heterocycles. The molecule has 2 N–H and O–H groups in total. The fraction of sp³-hybridized carbons (Fsp3) is 0.750. The zero-order valence-corrected chi connectivity index (χ0v) is 14.7. The molecule has 3 atom stereocenters. The Hall–Kier alpha value is -2.12. The minimum absolute atomic E-state index is 0.0242. The maximum absolute atomic E-state index is 11.9. The summed E-state index contributed by atoms with van der Waals surface area (Å²) >= 11 is 0. The lowest BCUT2D eigenvalue weighted by molar-refractivity contribution is -0.127. The van der Waals surface area contributed by atoms with E-state index >= 15 is 0 Å². The van der Waals surface area contributed by atoms with Gasteiger partial charge < -0.3 is 15.5 Å². The summed E-state index contributed by atoms with van der Waals surface area (Å²) in [5.74, 6) is 3.10. The van der Waals surface area contributed by atoms with Crippen LogP contribution in [0.1, 0.15) is 31.5 Å². The molecule has 24 heavy (non-hydrogen) atoms. The number of aromatic nitrogens is 3. The number of hydrogen-bond donors (Lipinski definition) is 2. The number of likely N-dealkylation sites (N-methyl/N-ethyl adjacent to an activating group) is 1. The van der Waals surface area contributed by atoms with E-state index in [0.29, 0.717) is 18.5 Å². The molecule has 0 aromatic carbocycles. The van der Waals surface area contributed by atoms with Gasteiger partial charge in [-0.25, -0.2) is 9.98 Å². The van der Waals surface area contributed by atoms with Gasteiger partial charge in [-0.15, -0.1) is 0 Å². The number of aliphatic imine (C=N–C) groups is 1. The largest absolute Gasteiger partial charge is 0.353 e. The van der Waals surface area contributed by atoms with Gasteiger partial charge >= 0.3 is 0 Å². The highest BCUT2D eigenvalue weighted by molar-refractivity contribution is 5.86. The van der Waals surface area contributed by atoms with E-state index in [9.17, 15) is 4.79 Å². The smallest absolute Gasteiger partial charge is 0.241 e. The maximum atomic E-state index is 11.9. The van der Waals surface area contributed by atoms with E-state index in [1.54, 1.807) is 23.7 Å². The standard InChI is InChI=1S/C16H27N7O/c1-22(2)15(24)9-18-16(17-8-14-19-10-20-23(14)3)21-13-7-11-4-5-12(13)6-11/h10-13H,4-9H2,1-3H3,(H2,17,18,21). The van der Waals surface area contributed by atoms with Gasteiger partial charge in [-0.05, 0) is 31.1 Å². The van der Waals surface area contributed by atoms with Gasteiger partial charge in [0.1, 0.15) is 18.7 Å². The number of aryl methyl sites for hydroxylation is 1. The number of nitrogens with zero attached hydrogens (tertiary/aromatic N) is 5. The van der Waals surface area contributed by atoms with Crippen molar-refractivity contribution in [2.75, 3.05) is 20.6 Å². The number of guanidine groups is 1. The first-order valence-corrected chi connectivity index (χ1v) is 8.60. The number of nitrogens with one attached hydrogen (secondary N) is 2. The molecule has 8 heteroatoms. The van der Waals surface area contributed by atoms with Crippen LogP contribution < -0.4 is 10.6 Å². The van der Waals surface area contributed by atoms with Crippen LogP contribution >= 0.6 is 0 Å². The molecular formula is C16H27N7O. The van der Waals surface area contributed by atoms with Gasteiger partial charge in [0.2, 0.25) is 5.91 Å². The van der Waals surface area contributed by atoms with Crippen molar-refractivity contribution in [3.63, 3.8) is 0 Å². The minimum atomic E-state index is 0.0242. The molecule has 0 saturated heterocycles. The van der Waals surface area contributed by atoms with Crippen molar-refractivity contribution in [2.45, 2.75) is 38.3 Å². The SMILES string of the molecule is CN(C)C(=O)CNC(=NCc1ncnn1C)NC1CC2CCC1C2. The molecule has 0 aliphatic heterocycles. The molecule has 3 rings (SSSR count). The lowest BCUT2D eigenvalue weighted by atomic mass is 9.95. The number of amides is 1. The van der Waals surface area contributed by atoms with Gasteiger partial charge in [0.05, 0.1) is 6.54 Å². The van der Waals surface area contributed by atoms with E-state index in [1.807, 2.05) is 7.05 Å². The van der Waals surface area contributed by atoms with Crippen molar-refractivity contribution in [1.29, 1.82) is 0 Å². The molecule has 8 nitrogen and oxygen atoms in total. The Morgan fingerprint density at radius 1 is 1.42 bits per heavy atom. The molecule has 3 unspecified atom stereocenters. The third-order valence-corrected chi connectivity index (χ3v) is 5.15. The third-order valence-electron chi connectivity index (χ3n) is 5.15. The predicted molar refractivity (Wildman–Crippen MR) is 91.2 cm³/mol. The summed E-state index contributed by atoms with van der Waals surface area (Å²) in [7, 11) is 5.36. The first kappa shape index (κ1) is 16.7. The van der Waals surface area contributed by atoms with Crippen LogP contribution in [0.3, 0.4) is 0 Å². The lowest BCUT2D eigenvalue weighted by Crippen LogP contribution is -2.48. The zero-order valence-electron chi connectivity index (χ0n) is 14.7. The highest BCUT2D eigenvalue weighted by Gasteiger charge is 2.39. The average molecular weight is 333 g/mol. The second kappa shape index (κ2) is 7.19. The number of carbonyl (C=O) groups excluding carboxylic acids is 1. The summed E-state index contributed by atoms with van der Waals surface area (Å²) in [6.45, 7) is 0.668. The molecule has 2 fully saturated rings. The van der Waals surface area contributed by atoms with Gasteiger partial charge in [-0.1, -0.05) is 6.42 Å². The van der Waals surface area contributed by atoms with Gasteiger partial charge in [0, 0.05) is 27.2 Å². The number of hydrogen-bond acceptors (Lipinski definition) is 4.